The number of hydrogen-bond acceptors (Lipinski definition) is 5. The second-order valence-corrected chi connectivity index (χ2v) is 7.11. The van der Waals surface area contributed by atoms with Crippen molar-refractivity contribution in [3.8, 4) is 5.75 Å². The molecule has 2 aromatic heterocycles. The molecular weight excluding hydrogens is 356 g/mol. The van der Waals surface area contributed by atoms with Gasteiger partial charge < -0.3 is 20.5 Å². The Morgan fingerprint density at radius 3 is 2.60 bits per heavy atom. The van der Waals surface area contributed by atoms with E-state index >= 15 is 0 Å². The van der Waals surface area contributed by atoms with Crippen molar-refractivity contribution in [2.24, 2.45) is 0 Å². The van der Waals surface area contributed by atoms with Gasteiger partial charge in [-0.15, -0.1) is 11.3 Å². The summed E-state index contributed by atoms with van der Waals surface area (Å²) < 4.78 is 5.09. The first-order chi connectivity index (χ1) is 12.1. The zero-order chi connectivity index (χ0) is 17.7. The molecular formula is C18H18N2O3S2. The van der Waals surface area contributed by atoms with Gasteiger partial charge in [0.25, 0.3) is 0 Å². The van der Waals surface area contributed by atoms with Gasteiger partial charge >= 0.3 is 6.03 Å². The van der Waals surface area contributed by atoms with E-state index in [1.54, 1.807) is 31.4 Å². The van der Waals surface area contributed by atoms with Crippen molar-refractivity contribution in [2.75, 3.05) is 19.0 Å². The highest BCUT2D eigenvalue weighted by Crippen LogP contribution is 2.33. The average molecular weight is 374 g/mol. The van der Waals surface area contributed by atoms with Gasteiger partial charge in [0.1, 0.15) is 11.4 Å². The molecule has 3 aromatic rings. The maximum atomic E-state index is 12.2. The molecule has 1 aromatic carbocycles. The van der Waals surface area contributed by atoms with Crippen LogP contribution in [-0.2, 0) is 5.60 Å². The molecule has 0 saturated heterocycles. The van der Waals surface area contributed by atoms with Crippen molar-refractivity contribution >= 4 is 34.4 Å². The Balaban J connectivity index is 1.68. The molecule has 25 heavy (non-hydrogen) atoms. The van der Waals surface area contributed by atoms with Crippen LogP contribution in [0, 0.1) is 0 Å². The zero-order valence-corrected chi connectivity index (χ0v) is 15.2. The topological polar surface area (TPSA) is 70.6 Å². The number of methoxy groups -OCH3 is 1. The maximum absolute atomic E-state index is 12.2. The molecule has 0 fully saturated rings. The van der Waals surface area contributed by atoms with E-state index in [-0.39, 0.29) is 12.6 Å². The number of urea groups is 1. The number of carbonyl (C=O) groups is 1. The highest BCUT2D eigenvalue weighted by molar-refractivity contribution is 7.10. The van der Waals surface area contributed by atoms with Crippen molar-refractivity contribution in [3.05, 3.63) is 69.0 Å². The van der Waals surface area contributed by atoms with Crippen LogP contribution in [-0.4, -0.2) is 24.8 Å². The van der Waals surface area contributed by atoms with Crippen molar-refractivity contribution in [3.63, 3.8) is 0 Å². The summed E-state index contributed by atoms with van der Waals surface area (Å²) >= 11 is 2.97. The van der Waals surface area contributed by atoms with Crippen molar-refractivity contribution in [2.45, 2.75) is 5.60 Å². The van der Waals surface area contributed by atoms with Crippen LogP contribution in [0.1, 0.15) is 10.4 Å². The summed E-state index contributed by atoms with van der Waals surface area (Å²) in [6, 6.07) is 12.3. The van der Waals surface area contributed by atoms with Gasteiger partial charge in [-0.25, -0.2) is 4.79 Å². The van der Waals surface area contributed by atoms with Crippen LogP contribution in [0.15, 0.2) is 58.6 Å². The fraction of sp³-hybridized carbons (Fsp3) is 0.167. The number of hydrogen-bond donors (Lipinski definition) is 3. The molecule has 0 spiro atoms. The van der Waals surface area contributed by atoms with Gasteiger partial charge in [-0.1, -0.05) is 6.07 Å². The summed E-state index contributed by atoms with van der Waals surface area (Å²) in [6.07, 6.45) is 0. The van der Waals surface area contributed by atoms with E-state index in [4.69, 9.17) is 4.74 Å². The third kappa shape index (κ3) is 4.01. The predicted octanol–water partition coefficient (Wildman–Crippen LogP) is 3.88. The van der Waals surface area contributed by atoms with Gasteiger partial charge in [-0.3, -0.25) is 0 Å². The van der Waals surface area contributed by atoms with E-state index in [0.717, 1.165) is 16.2 Å². The number of benzene rings is 1. The summed E-state index contributed by atoms with van der Waals surface area (Å²) in [5.74, 6) is 0.718. The molecule has 2 amide bonds. The molecule has 0 aliphatic carbocycles. The third-order valence-corrected chi connectivity index (χ3v) is 5.48. The smallest absolute Gasteiger partial charge is 0.319 e. The number of aliphatic hydroxyl groups is 1. The predicted molar refractivity (Wildman–Crippen MR) is 102 cm³/mol. The first-order valence-electron chi connectivity index (χ1n) is 7.60. The maximum Gasteiger partial charge on any atom is 0.319 e. The lowest BCUT2D eigenvalue weighted by atomic mass is 9.94. The van der Waals surface area contributed by atoms with Crippen molar-refractivity contribution in [1.82, 2.24) is 5.32 Å². The number of nitrogens with one attached hydrogen (secondary N) is 2. The molecule has 0 aliphatic heterocycles. The van der Waals surface area contributed by atoms with Gasteiger partial charge in [-0.05, 0) is 52.5 Å². The van der Waals surface area contributed by atoms with Gasteiger partial charge in [0, 0.05) is 16.1 Å². The van der Waals surface area contributed by atoms with Crippen LogP contribution in [0.2, 0.25) is 0 Å². The molecule has 0 saturated carbocycles. The van der Waals surface area contributed by atoms with E-state index < -0.39 is 5.60 Å². The van der Waals surface area contributed by atoms with E-state index in [0.29, 0.717) is 5.69 Å². The Morgan fingerprint density at radius 2 is 2.00 bits per heavy atom. The quantitative estimate of drug-likeness (QED) is 0.613. The summed E-state index contributed by atoms with van der Waals surface area (Å²) in [6.45, 7) is 0.0756. The fourth-order valence-electron chi connectivity index (χ4n) is 2.40. The Hall–Kier alpha value is -2.35. The average Bonchev–Trinajstić information content (AvgIpc) is 3.34. The summed E-state index contributed by atoms with van der Waals surface area (Å²) in [4.78, 5) is 13.0. The van der Waals surface area contributed by atoms with E-state index in [1.165, 1.54) is 22.7 Å². The monoisotopic (exact) mass is 374 g/mol. The fourth-order valence-corrected chi connectivity index (χ4v) is 3.97. The first-order valence-corrected chi connectivity index (χ1v) is 9.42. The van der Waals surface area contributed by atoms with Crippen LogP contribution < -0.4 is 15.4 Å². The summed E-state index contributed by atoms with van der Waals surface area (Å²) in [5.41, 5.74) is 0.170. The molecule has 0 radical (unpaired) electrons. The third-order valence-electron chi connectivity index (χ3n) is 3.78. The lowest BCUT2D eigenvalue weighted by Crippen LogP contribution is -2.42. The van der Waals surface area contributed by atoms with Crippen LogP contribution in [0.25, 0.3) is 0 Å². The summed E-state index contributed by atoms with van der Waals surface area (Å²) in [5, 5.41) is 22.4. The molecule has 130 valence electrons. The Kier molecular flexibility index (Phi) is 5.37. The van der Waals surface area contributed by atoms with E-state index in [1.807, 2.05) is 34.3 Å². The van der Waals surface area contributed by atoms with Crippen molar-refractivity contribution < 1.29 is 14.6 Å². The number of amides is 2. The normalized spacial score (nSPS) is 13.0. The zero-order valence-electron chi connectivity index (χ0n) is 13.6. The molecule has 5 nitrogen and oxygen atoms in total. The second kappa shape index (κ2) is 7.69. The van der Waals surface area contributed by atoms with Gasteiger partial charge in [0.2, 0.25) is 0 Å². The standard InChI is InChI=1S/C18H18N2O3S2/c1-23-15-6-4-14(5-7-15)20-17(21)19-12-18(22,13-8-10-24-11-13)16-3-2-9-25-16/h2-11,22H,12H2,1H3,(H2,19,20,21). The Bertz CT molecular complexity index is 765. The van der Waals surface area contributed by atoms with Gasteiger partial charge in [0.05, 0.1) is 13.7 Å². The molecule has 0 aliphatic rings. The molecule has 3 rings (SSSR count). The van der Waals surface area contributed by atoms with E-state index in [9.17, 15) is 9.90 Å². The molecule has 3 N–H and O–H groups in total. The summed E-state index contributed by atoms with van der Waals surface area (Å²) in [7, 11) is 1.59. The minimum absolute atomic E-state index is 0.0756. The number of anilines is 1. The molecule has 2 heterocycles. The number of carbonyl (C=O) groups excluding carboxylic acids is 1. The SMILES string of the molecule is COc1ccc(NC(=O)NCC(O)(c2ccsc2)c2cccs2)cc1. The minimum atomic E-state index is -1.24. The molecule has 7 heteroatoms. The number of thiophene rings is 2. The van der Waals surface area contributed by atoms with Gasteiger partial charge in [0.15, 0.2) is 0 Å². The van der Waals surface area contributed by atoms with Crippen molar-refractivity contribution in [1.29, 1.82) is 0 Å². The van der Waals surface area contributed by atoms with Gasteiger partial charge in [-0.2, -0.15) is 11.3 Å². The largest absolute Gasteiger partial charge is 0.497 e. The number of rotatable bonds is 6. The van der Waals surface area contributed by atoms with Crippen LogP contribution in [0.5, 0.6) is 5.75 Å². The minimum Gasteiger partial charge on any atom is -0.497 e. The lowest BCUT2D eigenvalue weighted by molar-refractivity contribution is 0.0871. The highest BCUT2D eigenvalue weighted by Gasteiger charge is 2.33. The molecule has 0 bridgehead atoms. The Morgan fingerprint density at radius 1 is 1.20 bits per heavy atom. The van der Waals surface area contributed by atoms with E-state index in [2.05, 4.69) is 10.6 Å². The first kappa shape index (κ1) is 17.5. The second-order valence-electron chi connectivity index (χ2n) is 5.39. The van der Waals surface area contributed by atoms with Crippen LogP contribution in [0.3, 0.4) is 0 Å². The lowest BCUT2D eigenvalue weighted by Gasteiger charge is -2.27. The highest BCUT2D eigenvalue weighted by atomic mass is 32.1. The Labute approximate surface area is 153 Å². The molecule has 1 unspecified atom stereocenters. The number of ether oxygens (including phenoxy) is 1. The van der Waals surface area contributed by atoms with Crippen LogP contribution >= 0.6 is 22.7 Å². The molecule has 1 atom stereocenters. The van der Waals surface area contributed by atoms with Crippen LogP contribution in [0.4, 0.5) is 10.5 Å².